The number of aliphatic hydroxyl groups is 1. The molecule has 0 spiro atoms. The number of nitrogens with zero attached hydrogens (tertiary/aromatic N) is 2. The van der Waals surface area contributed by atoms with Crippen LogP contribution >= 0.6 is 22.9 Å². The molecule has 1 aliphatic heterocycles. The summed E-state index contributed by atoms with van der Waals surface area (Å²) in [6.45, 7) is 0. The molecule has 0 unspecified atom stereocenters. The van der Waals surface area contributed by atoms with Crippen LogP contribution in [0.2, 0.25) is 5.02 Å². The Balaban J connectivity index is 1.75. The molecule has 1 fully saturated rings. The van der Waals surface area contributed by atoms with E-state index in [4.69, 9.17) is 11.6 Å². The number of carbonyl (C=O) groups is 2. The van der Waals surface area contributed by atoms with E-state index in [2.05, 4.69) is 4.98 Å². The molecule has 0 saturated carbocycles. The number of ketones is 1. The molecule has 1 amide bonds. The second-order valence-corrected chi connectivity index (χ2v) is 8.64. The molecule has 5 rings (SSSR count). The van der Waals surface area contributed by atoms with E-state index < -0.39 is 23.5 Å². The summed E-state index contributed by atoms with van der Waals surface area (Å²) in [5.41, 5.74) is 1.39. The first-order valence-corrected chi connectivity index (χ1v) is 10.8. The third-order valence-corrected chi connectivity index (χ3v) is 6.45. The molecule has 4 aromatic rings. The molecule has 32 heavy (non-hydrogen) atoms. The summed E-state index contributed by atoms with van der Waals surface area (Å²) >= 11 is 7.29. The van der Waals surface area contributed by atoms with Gasteiger partial charge in [0.1, 0.15) is 11.6 Å². The Morgan fingerprint density at radius 2 is 1.81 bits per heavy atom. The molecule has 2 heterocycles. The number of benzene rings is 3. The minimum absolute atomic E-state index is 0.0612. The van der Waals surface area contributed by atoms with Gasteiger partial charge >= 0.3 is 5.91 Å². The lowest BCUT2D eigenvalue weighted by Gasteiger charge is -2.23. The third-order valence-electron chi connectivity index (χ3n) is 5.20. The van der Waals surface area contributed by atoms with Crippen molar-refractivity contribution in [1.29, 1.82) is 0 Å². The number of carbonyl (C=O) groups excluding carboxylic acids is 2. The van der Waals surface area contributed by atoms with Crippen LogP contribution in [0.4, 0.5) is 9.52 Å². The fourth-order valence-corrected chi connectivity index (χ4v) is 4.98. The van der Waals surface area contributed by atoms with Crippen molar-refractivity contribution in [3.8, 4) is 0 Å². The van der Waals surface area contributed by atoms with Crippen LogP contribution in [0.5, 0.6) is 0 Å². The van der Waals surface area contributed by atoms with Gasteiger partial charge in [0.05, 0.1) is 21.8 Å². The first-order valence-electron chi connectivity index (χ1n) is 9.62. The van der Waals surface area contributed by atoms with Crippen molar-refractivity contribution in [3.63, 3.8) is 0 Å². The van der Waals surface area contributed by atoms with Crippen LogP contribution in [0.25, 0.3) is 16.0 Å². The van der Waals surface area contributed by atoms with Gasteiger partial charge in [0.25, 0.3) is 5.78 Å². The smallest absolute Gasteiger partial charge is 0.301 e. The Bertz CT molecular complexity index is 1420. The average Bonchev–Trinajstić information content (AvgIpc) is 3.32. The van der Waals surface area contributed by atoms with Gasteiger partial charge in [-0.2, -0.15) is 0 Å². The van der Waals surface area contributed by atoms with Crippen LogP contribution in [0, 0.1) is 5.82 Å². The van der Waals surface area contributed by atoms with Crippen molar-refractivity contribution in [3.05, 3.63) is 100 Å². The molecular formula is C24H14ClFN2O3S. The number of amides is 1. The number of aromatic nitrogens is 1. The van der Waals surface area contributed by atoms with Gasteiger partial charge in [-0.15, -0.1) is 0 Å². The fourth-order valence-electron chi connectivity index (χ4n) is 3.76. The van der Waals surface area contributed by atoms with Crippen LogP contribution in [0.3, 0.4) is 0 Å². The molecule has 1 aromatic heterocycles. The summed E-state index contributed by atoms with van der Waals surface area (Å²) in [5, 5.41) is 11.7. The van der Waals surface area contributed by atoms with E-state index in [1.54, 1.807) is 54.6 Å². The monoisotopic (exact) mass is 464 g/mol. The lowest BCUT2D eigenvalue weighted by Crippen LogP contribution is -2.29. The highest BCUT2D eigenvalue weighted by Gasteiger charge is 2.48. The number of thiazole rings is 1. The zero-order valence-electron chi connectivity index (χ0n) is 16.3. The Labute approximate surface area is 191 Å². The van der Waals surface area contributed by atoms with Crippen molar-refractivity contribution >= 4 is 55.7 Å². The van der Waals surface area contributed by atoms with Crippen molar-refractivity contribution < 1.29 is 19.1 Å². The number of aliphatic hydroxyl groups excluding tert-OH is 1. The van der Waals surface area contributed by atoms with E-state index in [0.717, 1.165) is 11.3 Å². The van der Waals surface area contributed by atoms with Gasteiger partial charge < -0.3 is 5.11 Å². The maximum absolute atomic E-state index is 13.7. The largest absolute Gasteiger partial charge is 0.507 e. The number of fused-ring (bicyclic) bond motifs is 1. The van der Waals surface area contributed by atoms with Crippen molar-refractivity contribution in [1.82, 2.24) is 4.98 Å². The van der Waals surface area contributed by atoms with E-state index >= 15 is 0 Å². The first-order chi connectivity index (χ1) is 15.4. The van der Waals surface area contributed by atoms with Crippen LogP contribution in [-0.4, -0.2) is 21.8 Å². The van der Waals surface area contributed by atoms with Gasteiger partial charge in [-0.05, 0) is 35.9 Å². The average molecular weight is 465 g/mol. The summed E-state index contributed by atoms with van der Waals surface area (Å²) in [7, 11) is 0. The molecule has 1 saturated heterocycles. The molecule has 0 aliphatic carbocycles. The molecule has 1 N–H and O–H groups in total. The predicted molar refractivity (Wildman–Crippen MR) is 122 cm³/mol. The predicted octanol–water partition coefficient (Wildman–Crippen LogP) is 5.72. The number of halogens is 2. The standard InChI is InChI=1S/C24H14ClFN2O3S/c25-15-8-4-7-14(11-15)20-19(21(29)13-5-2-1-3-6-13)22(30)23(31)28(20)24-27-17-10-9-16(26)12-18(17)32-24/h1-12,20,29H/b21-19+/t20-/m0/s1. The number of anilines is 1. The molecule has 0 radical (unpaired) electrons. The topological polar surface area (TPSA) is 70.5 Å². The number of rotatable bonds is 3. The van der Waals surface area contributed by atoms with Gasteiger partial charge in [0.2, 0.25) is 0 Å². The maximum atomic E-state index is 13.7. The van der Waals surface area contributed by atoms with Gasteiger partial charge in [0.15, 0.2) is 5.13 Å². The molecule has 158 valence electrons. The normalized spacial score (nSPS) is 17.9. The summed E-state index contributed by atoms with van der Waals surface area (Å²) in [6.07, 6.45) is 0. The quantitative estimate of drug-likeness (QED) is 0.239. The SMILES string of the molecule is O=C1C(=O)N(c2nc3ccc(F)cc3s2)[C@@H](c2cccc(Cl)c2)/C1=C(\O)c1ccccc1. The summed E-state index contributed by atoms with van der Waals surface area (Å²) in [6, 6.07) is 18.4. The van der Waals surface area contributed by atoms with Gasteiger partial charge in [-0.25, -0.2) is 9.37 Å². The minimum atomic E-state index is -0.945. The number of Topliss-reactive ketones (excluding diaryl/α,β-unsaturated/α-hetero) is 1. The van der Waals surface area contributed by atoms with Gasteiger partial charge in [-0.1, -0.05) is 65.4 Å². The van der Waals surface area contributed by atoms with E-state index in [-0.39, 0.29) is 16.5 Å². The maximum Gasteiger partial charge on any atom is 0.301 e. The Hall–Kier alpha value is -3.55. The lowest BCUT2D eigenvalue weighted by atomic mass is 9.95. The summed E-state index contributed by atoms with van der Waals surface area (Å²) in [5.74, 6) is -2.37. The van der Waals surface area contributed by atoms with Crippen LogP contribution in [0.15, 0.2) is 78.4 Å². The zero-order valence-corrected chi connectivity index (χ0v) is 17.9. The summed E-state index contributed by atoms with van der Waals surface area (Å²) in [4.78, 5) is 32.0. The van der Waals surface area contributed by atoms with E-state index in [9.17, 15) is 19.1 Å². The highest BCUT2D eigenvalue weighted by atomic mass is 35.5. The molecule has 8 heteroatoms. The third kappa shape index (κ3) is 3.36. The number of hydrogen-bond donors (Lipinski definition) is 1. The van der Waals surface area contributed by atoms with Crippen LogP contribution in [-0.2, 0) is 9.59 Å². The molecule has 1 atom stereocenters. The van der Waals surface area contributed by atoms with E-state index in [0.29, 0.717) is 26.4 Å². The molecule has 0 bridgehead atoms. The Morgan fingerprint density at radius 3 is 2.56 bits per heavy atom. The van der Waals surface area contributed by atoms with Crippen molar-refractivity contribution in [2.75, 3.05) is 4.90 Å². The van der Waals surface area contributed by atoms with Crippen molar-refractivity contribution in [2.24, 2.45) is 0 Å². The summed E-state index contributed by atoms with van der Waals surface area (Å²) < 4.78 is 14.2. The zero-order chi connectivity index (χ0) is 22.4. The van der Waals surface area contributed by atoms with Crippen LogP contribution < -0.4 is 4.90 Å². The van der Waals surface area contributed by atoms with E-state index in [1.807, 2.05) is 0 Å². The second-order valence-electron chi connectivity index (χ2n) is 7.20. The fraction of sp³-hybridized carbons (Fsp3) is 0.0417. The highest BCUT2D eigenvalue weighted by Crippen LogP contribution is 2.44. The first kappa shape index (κ1) is 20.4. The minimum Gasteiger partial charge on any atom is -0.507 e. The molecular weight excluding hydrogens is 451 g/mol. The van der Waals surface area contributed by atoms with Gasteiger partial charge in [0, 0.05) is 10.6 Å². The lowest BCUT2D eigenvalue weighted by molar-refractivity contribution is -0.132. The van der Waals surface area contributed by atoms with Crippen LogP contribution in [0.1, 0.15) is 17.2 Å². The second kappa shape index (κ2) is 7.85. The Kier molecular flexibility index (Phi) is 5.00. The van der Waals surface area contributed by atoms with E-state index in [1.165, 1.54) is 23.1 Å². The van der Waals surface area contributed by atoms with Crippen molar-refractivity contribution in [2.45, 2.75) is 6.04 Å². The Morgan fingerprint density at radius 1 is 1.03 bits per heavy atom. The molecule has 3 aromatic carbocycles. The molecule has 5 nitrogen and oxygen atoms in total. The van der Waals surface area contributed by atoms with Gasteiger partial charge in [-0.3, -0.25) is 14.5 Å². The number of hydrogen-bond acceptors (Lipinski definition) is 5. The highest BCUT2D eigenvalue weighted by molar-refractivity contribution is 7.22. The molecule has 1 aliphatic rings.